The number of carboxylic acids is 1. The van der Waals surface area contributed by atoms with E-state index in [-0.39, 0.29) is 6.42 Å². The normalized spacial score (nSPS) is 11.6. The van der Waals surface area contributed by atoms with Gasteiger partial charge in [-0.05, 0) is 31.6 Å². The van der Waals surface area contributed by atoms with E-state index in [1.54, 1.807) is 0 Å². The minimum atomic E-state index is -0.904. The Morgan fingerprint density at radius 1 is 0.500 bits per heavy atom. The molecular formula is C37H77NO2. The van der Waals surface area contributed by atoms with Gasteiger partial charge in [0.2, 0.25) is 0 Å². The molecule has 0 radical (unpaired) electrons. The Bertz CT molecular complexity index is 483. The quantitative estimate of drug-likeness (QED) is 0.0639. The SMILES string of the molecule is CC(C)CCCCCCCCCCCCCCC(=O)[O-].CCCCCCCCCCCCCCCC[N+](C)(C)C. The van der Waals surface area contributed by atoms with Gasteiger partial charge in [-0.2, -0.15) is 0 Å². The molecule has 0 aliphatic rings. The highest BCUT2D eigenvalue weighted by Crippen LogP contribution is 2.15. The first kappa shape index (κ1) is 41.6. The number of rotatable bonds is 30. The number of aliphatic carboxylic acids is 1. The number of hydrogen-bond acceptors (Lipinski definition) is 2. The van der Waals surface area contributed by atoms with Gasteiger partial charge < -0.3 is 14.4 Å². The van der Waals surface area contributed by atoms with Crippen molar-refractivity contribution in [3.05, 3.63) is 0 Å². The second kappa shape index (κ2) is 32.9. The van der Waals surface area contributed by atoms with E-state index in [0.29, 0.717) is 0 Å². The van der Waals surface area contributed by atoms with E-state index in [1.165, 1.54) is 167 Å². The molecule has 0 fully saturated rings. The third kappa shape index (κ3) is 44.4. The Hall–Kier alpha value is -0.570. The molecule has 0 atom stereocenters. The average molecular weight is 568 g/mol. The Morgan fingerprint density at radius 2 is 0.800 bits per heavy atom. The summed E-state index contributed by atoms with van der Waals surface area (Å²) in [6, 6.07) is 0. The van der Waals surface area contributed by atoms with Crippen molar-refractivity contribution < 1.29 is 14.4 Å². The van der Waals surface area contributed by atoms with Crippen LogP contribution in [0.2, 0.25) is 0 Å². The van der Waals surface area contributed by atoms with Crippen molar-refractivity contribution in [1.82, 2.24) is 0 Å². The highest BCUT2D eigenvalue weighted by molar-refractivity contribution is 5.64. The molecule has 0 N–H and O–H groups in total. The summed E-state index contributed by atoms with van der Waals surface area (Å²) in [6.45, 7) is 8.23. The summed E-state index contributed by atoms with van der Waals surface area (Å²) in [6.07, 6.45) is 37.4. The molecule has 0 rings (SSSR count). The second-order valence-electron chi connectivity index (χ2n) is 14.2. The van der Waals surface area contributed by atoms with Crippen molar-refractivity contribution in [3.63, 3.8) is 0 Å². The lowest BCUT2D eigenvalue weighted by molar-refractivity contribution is -0.870. The number of carboxylic acid groups (broad SMARTS) is 1. The van der Waals surface area contributed by atoms with Crippen molar-refractivity contribution in [2.24, 2.45) is 5.92 Å². The molecule has 0 aromatic heterocycles. The minimum absolute atomic E-state index is 0.233. The summed E-state index contributed by atoms with van der Waals surface area (Å²) in [5, 5.41) is 10.2. The number of carbonyl (C=O) groups is 1. The van der Waals surface area contributed by atoms with Gasteiger partial charge in [-0.25, -0.2) is 0 Å². The van der Waals surface area contributed by atoms with Crippen LogP contribution < -0.4 is 5.11 Å². The van der Waals surface area contributed by atoms with Crippen LogP contribution in [0.25, 0.3) is 0 Å². The van der Waals surface area contributed by atoms with Crippen LogP contribution in [0.15, 0.2) is 0 Å². The first-order valence-corrected chi connectivity index (χ1v) is 18.2. The van der Waals surface area contributed by atoms with Crippen LogP contribution in [0.4, 0.5) is 0 Å². The van der Waals surface area contributed by atoms with E-state index in [0.717, 1.165) is 23.2 Å². The van der Waals surface area contributed by atoms with Crippen molar-refractivity contribution in [2.75, 3.05) is 27.7 Å². The minimum Gasteiger partial charge on any atom is -0.550 e. The average Bonchev–Trinajstić information content (AvgIpc) is 2.88. The van der Waals surface area contributed by atoms with Gasteiger partial charge in [0, 0.05) is 5.97 Å². The third-order valence-corrected chi connectivity index (χ3v) is 8.09. The van der Waals surface area contributed by atoms with Crippen LogP contribution in [0.1, 0.15) is 201 Å². The first-order valence-electron chi connectivity index (χ1n) is 18.2. The number of quaternary nitrogens is 1. The number of nitrogens with zero attached hydrogens (tertiary/aromatic N) is 1. The number of hydrogen-bond donors (Lipinski definition) is 0. The molecule has 0 aromatic carbocycles. The molecule has 242 valence electrons. The van der Waals surface area contributed by atoms with Gasteiger partial charge in [0.05, 0.1) is 27.7 Å². The summed E-state index contributed by atoms with van der Waals surface area (Å²) in [4.78, 5) is 10.2. The van der Waals surface area contributed by atoms with Gasteiger partial charge in [-0.3, -0.25) is 0 Å². The maximum absolute atomic E-state index is 10.2. The molecule has 0 amide bonds. The fourth-order valence-electron chi connectivity index (χ4n) is 5.37. The molecule has 0 bridgehead atoms. The molecule has 3 heteroatoms. The van der Waals surface area contributed by atoms with E-state index < -0.39 is 5.97 Å². The predicted molar refractivity (Wildman–Crippen MR) is 178 cm³/mol. The van der Waals surface area contributed by atoms with E-state index in [2.05, 4.69) is 41.9 Å². The third-order valence-electron chi connectivity index (χ3n) is 8.09. The highest BCUT2D eigenvalue weighted by Gasteiger charge is 2.05. The fourth-order valence-corrected chi connectivity index (χ4v) is 5.37. The van der Waals surface area contributed by atoms with Crippen LogP contribution in [-0.4, -0.2) is 38.1 Å². The zero-order valence-electron chi connectivity index (χ0n) is 28.8. The molecular weight excluding hydrogens is 490 g/mol. The Labute approximate surface area is 254 Å². The summed E-state index contributed by atoms with van der Waals surface area (Å²) in [5.74, 6) is -0.0415. The fraction of sp³-hybridized carbons (Fsp3) is 0.973. The lowest BCUT2D eigenvalue weighted by Gasteiger charge is -2.23. The summed E-state index contributed by atoms with van der Waals surface area (Å²) in [5.41, 5.74) is 0. The summed E-state index contributed by atoms with van der Waals surface area (Å²) in [7, 11) is 6.88. The van der Waals surface area contributed by atoms with Crippen LogP contribution in [0.5, 0.6) is 0 Å². The van der Waals surface area contributed by atoms with Crippen LogP contribution >= 0.6 is 0 Å². The molecule has 0 aliphatic carbocycles. The zero-order chi connectivity index (χ0) is 30.2. The monoisotopic (exact) mass is 568 g/mol. The van der Waals surface area contributed by atoms with Crippen molar-refractivity contribution in [2.45, 2.75) is 201 Å². The van der Waals surface area contributed by atoms with Crippen molar-refractivity contribution in [1.29, 1.82) is 0 Å². The molecule has 40 heavy (non-hydrogen) atoms. The number of carbonyl (C=O) groups excluding carboxylic acids is 1. The van der Waals surface area contributed by atoms with E-state index >= 15 is 0 Å². The Kier molecular flexibility index (Phi) is 34.2. The molecule has 0 aromatic rings. The molecule has 0 saturated carbocycles. The largest absolute Gasteiger partial charge is 0.550 e. The maximum Gasteiger partial charge on any atom is 0.0780 e. The maximum atomic E-state index is 10.2. The van der Waals surface area contributed by atoms with Crippen LogP contribution in [0, 0.1) is 5.92 Å². The van der Waals surface area contributed by atoms with Crippen molar-refractivity contribution >= 4 is 5.97 Å². The van der Waals surface area contributed by atoms with Gasteiger partial charge >= 0.3 is 0 Å². The standard InChI is InChI=1S/C19H42N.C18H36O2/c1-5-6-7-8-9-10-11-12-13-14-15-16-17-18-19-20(2,3)4;1-17(2)15-13-11-9-7-5-3-4-6-8-10-12-14-16-18(19)20/h5-19H2,1-4H3;17H,3-16H2,1-2H3,(H,19,20)/q+1;/p-1. The number of unbranched alkanes of at least 4 members (excludes halogenated alkanes) is 24. The van der Waals surface area contributed by atoms with E-state index in [1.807, 2.05) is 0 Å². The van der Waals surface area contributed by atoms with Crippen LogP contribution in [-0.2, 0) is 4.79 Å². The van der Waals surface area contributed by atoms with Crippen LogP contribution in [0.3, 0.4) is 0 Å². The molecule has 0 heterocycles. The molecule has 0 spiro atoms. The zero-order valence-corrected chi connectivity index (χ0v) is 28.8. The molecule has 0 unspecified atom stereocenters. The first-order chi connectivity index (χ1) is 19.2. The molecule has 0 aliphatic heterocycles. The topological polar surface area (TPSA) is 40.1 Å². The van der Waals surface area contributed by atoms with Gasteiger partial charge in [-0.1, -0.05) is 175 Å². The van der Waals surface area contributed by atoms with Gasteiger partial charge in [0.25, 0.3) is 0 Å². The lowest BCUT2D eigenvalue weighted by atomic mass is 10.0. The summed E-state index contributed by atoms with van der Waals surface area (Å²) >= 11 is 0. The lowest BCUT2D eigenvalue weighted by Crippen LogP contribution is -2.35. The van der Waals surface area contributed by atoms with Gasteiger partial charge in [0.15, 0.2) is 0 Å². The second-order valence-corrected chi connectivity index (χ2v) is 14.2. The van der Waals surface area contributed by atoms with E-state index in [9.17, 15) is 9.90 Å². The smallest absolute Gasteiger partial charge is 0.0780 e. The van der Waals surface area contributed by atoms with E-state index in [4.69, 9.17) is 0 Å². The molecule has 3 nitrogen and oxygen atoms in total. The Morgan fingerprint density at radius 3 is 1.10 bits per heavy atom. The van der Waals surface area contributed by atoms with Crippen molar-refractivity contribution in [3.8, 4) is 0 Å². The van der Waals surface area contributed by atoms with Gasteiger partial charge in [-0.15, -0.1) is 0 Å². The Balaban J connectivity index is 0. The summed E-state index contributed by atoms with van der Waals surface area (Å²) < 4.78 is 1.12. The van der Waals surface area contributed by atoms with Gasteiger partial charge in [0.1, 0.15) is 0 Å². The molecule has 0 saturated heterocycles. The highest BCUT2D eigenvalue weighted by atomic mass is 16.4. The predicted octanol–water partition coefficient (Wildman–Crippen LogP) is 11.0.